The van der Waals surface area contributed by atoms with Crippen LogP contribution < -0.4 is 5.32 Å². The molecule has 0 amide bonds. The van der Waals surface area contributed by atoms with Crippen LogP contribution >= 0.6 is 11.3 Å². The molecule has 118 valence electrons. The first-order valence-electron chi connectivity index (χ1n) is 8.07. The number of fused-ring (bicyclic) bond motifs is 1. The van der Waals surface area contributed by atoms with E-state index in [2.05, 4.69) is 56.2 Å². The van der Waals surface area contributed by atoms with E-state index in [1.165, 1.54) is 28.8 Å². The predicted octanol–water partition coefficient (Wildman–Crippen LogP) is 3.93. The second-order valence-corrected chi connectivity index (χ2v) is 7.03. The van der Waals surface area contributed by atoms with Gasteiger partial charge in [0, 0.05) is 10.9 Å². The Hall–Kier alpha value is -1.98. The number of aryl methyl sites for hydroxylation is 2. The van der Waals surface area contributed by atoms with Crippen molar-refractivity contribution in [2.24, 2.45) is 0 Å². The Morgan fingerprint density at radius 3 is 2.91 bits per heavy atom. The van der Waals surface area contributed by atoms with Crippen LogP contribution in [0.4, 0.5) is 0 Å². The minimum atomic E-state index is 0.0111. The van der Waals surface area contributed by atoms with Gasteiger partial charge in [-0.2, -0.15) is 5.10 Å². The van der Waals surface area contributed by atoms with E-state index in [0.29, 0.717) is 6.04 Å². The lowest BCUT2D eigenvalue weighted by molar-refractivity contribution is 0.423. The summed E-state index contributed by atoms with van der Waals surface area (Å²) in [5.74, 6) is 1.67. The number of H-pyrrole nitrogens is 1. The number of hydrogen-bond donors (Lipinski definition) is 2. The van der Waals surface area contributed by atoms with Crippen molar-refractivity contribution in [1.29, 1.82) is 0 Å². The van der Waals surface area contributed by atoms with Gasteiger partial charge in [0.15, 0.2) is 5.82 Å². The van der Waals surface area contributed by atoms with Crippen LogP contribution in [0.3, 0.4) is 0 Å². The van der Waals surface area contributed by atoms with Crippen LogP contribution in [0.25, 0.3) is 0 Å². The summed E-state index contributed by atoms with van der Waals surface area (Å²) in [4.78, 5) is 6.09. The van der Waals surface area contributed by atoms with Crippen molar-refractivity contribution < 1.29 is 0 Å². The number of hydrogen-bond acceptors (Lipinski definition) is 4. The number of nitrogens with zero attached hydrogens (tertiary/aromatic N) is 2. The molecule has 0 unspecified atom stereocenters. The largest absolute Gasteiger partial charge is 0.297 e. The Labute approximate surface area is 140 Å². The minimum absolute atomic E-state index is 0.0111. The molecule has 0 saturated carbocycles. The molecule has 2 atom stereocenters. The summed E-state index contributed by atoms with van der Waals surface area (Å²) in [6, 6.07) is 13.1. The van der Waals surface area contributed by atoms with Crippen molar-refractivity contribution in [3.8, 4) is 0 Å². The van der Waals surface area contributed by atoms with Crippen molar-refractivity contribution in [3.63, 3.8) is 0 Å². The van der Waals surface area contributed by atoms with Gasteiger partial charge < -0.3 is 0 Å². The number of thiophene rings is 1. The van der Waals surface area contributed by atoms with Gasteiger partial charge in [-0.1, -0.05) is 30.3 Å². The van der Waals surface area contributed by atoms with Gasteiger partial charge >= 0.3 is 0 Å². The Morgan fingerprint density at radius 1 is 1.26 bits per heavy atom. The first-order chi connectivity index (χ1) is 11.3. The Kier molecular flexibility index (Phi) is 3.97. The van der Waals surface area contributed by atoms with E-state index in [-0.39, 0.29) is 6.04 Å². The van der Waals surface area contributed by atoms with Gasteiger partial charge in [-0.25, -0.2) is 4.98 Å². The molecule has 4 nitrogen and oxygen atoms in total. The third kappa shape index (κ3) is 2.94. The maximum Gasteiger partial charge on any atom is 0.172 e. The molecule has 0 saturated heterocycles. The Morgan fingerprint density at radius 2 is 2.13 bits per heavy atom. The zero-order chi connectivity index (χ0) is 15.6. The van der Waals surface area contributed by atoms with Crippen molar-refractivity contribution in [2.45, 2.75) is 38.3 Å². The van der Waals surface area contributed by atoms with Crippen LogP contribution in [0.2, 0.25) is 0 Å². The molecule has 0 bridgehead atoms. The second kappa shape index (κ2) is 6.26. The quantitative estimate of drug-likeness (QED) is 0.764. The molecule has 2 N–H and O–H groups in total. The number of benzene rings is 1. The fourth-order valence-electron chi connectivity index (χ4n) is 3.32. The summed E-state index contributed by atoms with van der Waals surface area (Å²) in [6.07, 6.45) is 3.61. The molecule has 2 aromatic heterocycles. The topological polar surface area (TPSA) is 53.6 Å². The average molecular weight is 324 g/mol. The van der Waals surface area contributed by atoms with Gasteiger partial charge in [0.25, 0.3) is 0 Å². The van der Waals surface area contributed by atoms with Crippen LogP contribution in [0.15, 0.2) is 41.8 Å². The van der Waals surface area contributed by atoms with Crippen LogP contribution in [0.5, 0.6) is 0 Å². The van der Waals surface area contributed by atoms with Crippen LogP contribution in [-0.2, 0) is 6.42 Å². The second-order valence-electron chi connectivity index (χ2n) is 6.03. The van der Waals surface area contributed by atoms with Gasteiger partial charge in [0.05, 0.1) is 6.04 Å². The lowest BCUT2D eigenvalue weighted by Gasteiger charge is -2.28. The van der Waals surface area contributed by atoms with E-state index < -0.39 is 0 Å². The first kappa shape index (κ1) is 14.6. The third-order valence-corrected chi connectivity index (χ3v) is 5.42. The molecule has 0 fully saturated rings. The Balaban J connectivity index is 1.67. The van der Waals surface area contributed by atoms with Crippen molar-refractivity contribution in [1.82, 2.24) is 20.5 Å². The molecule has 4 rings (SSSR count). The van der Waals surface area contributed by atoms with Crippen LogP contribution in [0, 0.1) is 6.92 Å². The summed E-state index contributed by atoms with van der Waals surface area (Å²) in [6.45, 7) is 1.94. The normalized spacial score (nSPS) is 18.6. The standard InChI is InChI=1S/C18H20N4S/c1-12-19-18(22-21-12)17(13-6-3-2-4-7-13)20-15-8-5-9-16-14(15)10-11-23-16/h2-4,6-7,10-11,15,17,20H,5,8-9H2,1H3,(H,19,21,22)/t15-,17-/m1/s1. The van der Waals surface area contributed by atoms with Gasteiger partial charge in [0.2, 0.25) is 0 Å². The summed E-state index contributed by atoms with van der Waals surface area (Å²) in [7, 11) is 0. The maximum absolute atomic E-state index is 4.57. The predicted molar refractivity (Wildman–Crippen MR) is 92.5 cm³/mol. The lowest BCUT2D eigenvalue weighted by Crippen LogP contribution is -2.30. The molecule has 1 aromatic carbocycles. The summed E-state index contributed by atoms with van der Waals surface area (Å²) < 4.78 is 0. The number of nitrogens with one attached hydrogen (secondary N) is 2. The summed E-state index contributed by atoms with van der Waals surface area (Å²) >= 11 is 1.87. The molecule has 0 radical (unpaired) electrons. The van der Waals surface area contributed by atoms with Crippen LogP contribution in [0.1, 0.15) is 52.6 Å². The molecule has 0 aliphatic heterocycles. The number of rotatable bonds is 4. The highest BCUT2D eigenvalue weighted by molar-refractivity contribution is 7.10. The Bertz CT molecular complexity index is 777. The molecule has 5 heteroatoms. The van der Waals surface area contributed by atoms with Gasteiger partial charge in [0.1, 0.15) is 5.82 Å². The average Bonchev–Trinajstić information content (AvgIpc) is 3.22. The molecule has 1 aliphatic rings. The van der Waals surface area contributed by atoms with E-state index in [1.807, 2.05) is 24.3 Å². The first-order valence-corrected chi connectivity index (χ1v) is 8.95. The van der Waals surface area contributed by atoms with E-state index in [0.717, 1.165) is 18.1 Å². The summed E-state index contributed by atoms with van der Waals surface area (Å²) in [5.41, 5.74) is 2.66. The number of aromatic amines is 1. The van der Waals surface area contributed by atoms with Gasteiger partial charge in [-0.3, -0.25) is 10.4 Å². The lowest BCUT2D eigenvalue weighted by atomic mass is 9.92. The molecule has 1 aliphatic carbocycles. The van der Waals surface area contributed by atoms with Gasteiger partial charge in [-0.05, 0) is 48.8 Å². The molecule has 3 aromatic rings. The molecule has 0 spiro atoms. The maximum atomic E-state index is 4.57. The smallest absolute Gasteiger partial charge is 0.172 e. The van der Waals surface area contributed by atoms with Gasteiger partial charge in [-0.15, -0.1) is 11.3 Å². The zero-order valence-corrected chi connectivity index (χ0v) is 13.9. The van der Waals surface area contributed by atoms with E-state index in [4.69, 9.17) is 0 Å². The van der Waals surface area contributed by atoms with E-state index >= 15 is 0 Å². The molecular formula is C18H20N4S. The number of aromatic nitrogens is 3. The molecular weight excluding hydrogens is 304 g/mol. The SMILES string of the molecule is Cc1nc([C@H](N[C@@H]2CCCc3sccc32)c2ccccc2)n[nH]1. The highest BCUT2D eigenvalue weighted by Crippen LogP contribution is 2.35. The monoisotopic (exact) mass is 324 g/mol. The zero-order valence-electron chi connectivity index (χ0n) is 13.1. The third-order valence-electron chi connectivity index (χ3n) is 4.43. The van der Waals surface area contributed by atoms with E-state index in [9.17, 15) is 0 Å². The van der Waals surface area contributed by atoms with Crippen molar-refractivity contribution in [3.05, 3.63) is 69.4 Å². The molecule has 2 heterocycles. The van der Waals surface area contributed by atoms with E-state index in [1.54, 1.807) is 0 Å². The summed E-state index contributed by atoms with van der Waals surface area (Å²) in [5, 5.41) is 13.4. The van der Waals surface area contributed by atoms with Crippen LogP contribution in [-0.4, -0.2) is 15.2 Å². The molecule has 23 heavy (non-hydrogen) atoms. The minimum Gasteiger partial charge on any atom is -0.297 e. The van der Waals surface area contributed by atoms with Crippen molar-refractivity contribution in [2.75, 3.05) is 0 Å². The fourth-order valence-corrected chi connectivity index (χ4v) is 4.30. The highest BCUT2D eigenvalue weighted by Gasteiger charge is 2.27. The fraction of sp³-hybridized carbons (Fsp3) is 0.333. The highest BCUT2D eigenvalue weighted by atomic mass is 32.1. The van der Waals surface area contributed by atoms with Crippen molar-refractivity contribution >= 4 is 11.3 Å².